The summed E-state index contributed by atoms with van der Waals surface area (Å²) in [5.74, 6) is 1.91. The van der Waals surface area contributed by atoms with E-state index in [1.165, 1.54) is 38.4 Å². The number of benzene rings is 5. The molecule has 0 saturated heterocycles. The average Bonchev–Trinajstić information content (AvgIpc) is 3.28. The Balaban J connectivity index is 0.000000493. The topological polar surface area (TPSA) is 236 Å². The van der Waals surface area contributed by atoms with Gasteiger partial charge in [0, 0.05) is 10.0 Å². The van der Waals surface area contributed by atoms with Crippen molar-refractivity contribution in [1.82, 2.24) is 19.9 Å². The Bertz CT molecular complexity index is 2810. The molecule has 2 heterocycles. The number of carbonyl (C=O) groups excluding carboxylic acids is 3. The maximum Gasteiger partial charge on any atom is 1.00 e. The van der Waals surface area contributed by atoms with Crippen molar-refractivity contribution in [3.05, 3.63) is 137 Å². The van der Waals surface area contributed by atoms with Crippen molar-refractivity contribution >= 4 is 73.6 Å². The number of aromatic hydroxyl groups is 1. The predicted molar refractivity (Wildman–Crippen MR) is 238 cm³/mol. The number of aryl methyl sites for hydroxylation is 1. The summed E-state index contributed by atoms with van der Waals surface area (Å²) in [5, 5.41) is 18.8. The van der Waals surface area contributed by atoms with Gasteiger partial charge in [-0.2, -0.15) is 8.42 Å². The van der Waals surface area contributed by atoms with Gasteiger partial charge in [0.05, 0.1) is 46.0 Å². The van der Waals surface area contributed by atoms with Gasteiger partial charge in [0.25, 0.3) is 16.6 Å². The van der Waals surface area contributed by atoms with E-state index >= 15 is 0 Å². The number of halogens is 2. The molecule has 342 valence electrons. The Morgan fingerprint density at radius 3 is 1.61 bits per heavy atom. The Morgan fingerprint density at radius 2 is 1.18 bits per heavy atom. The molecule has 67 heavy (non-hydrogen) atoms. The van der Waals surface area contributed by atoms with Crippen LogP contribution in [0.2, 0.25) is 10.0 Å². The van der Waals surface area contributed by atoms with E-state index in [0.717, 1.165) is 5.56 Å². The predicted octanol–water partition coefficient (Wildman–Crippen LogP) is 2.42. The first-order valence-electron chi connectivity index (χ1n) is 19.2. The molecule has 0 radical (unpaired) electrons. The van der Waals surface area contributed by atoms with Gasteiger partial charge in [0.2, 0.25) is 11.8 Å². The second-order valence-electron chi connectivity index (χ2n) is 13.2. The molecule has 0 aliphatic carbocycles. The summed E-state index contributed by atoms with van der Waals surface area (Å²) in [5.41, 5.74) is 3.77. The molecule has 0 amide bonds. The Morgan fingerprint density at radius 1 is 0.731 bits per heavy atom. The number of rotatable bonds is 13. The SMILES string of the molecule is CC(=O)C(C)OS(=O)(=O)c1ccc(C)cc1.CCOC(=O)C(C)Oc1ccc(Oc2cnc3cc(Cl)ccc3n2)cc1.O=CO[O-].Oc1ccc(Oc2cnc3cc(Cl)ccc3n2)cc1.[H-].[K+].[K+]. The first-order chi connectivity index (χ1) is 31.0. The fourth-order valence-corrected chi connectivity index (χ4v) is 6.33. The number of ether oxygens (including phenoxy) is 4. The third-order valence-electron chi connectivity index (χ3n) is 8.19. The van der Waals surface area contributed by atoms with E-state index in [1.54, 1.807) is 111 Å². The van der Waals surface area contributed by atoms with E-state index in [4.69, 9.17) is 56.4 Å². The number of hydrogen-bond acceptors (Lipinski definition) is 17. The molecule has 22 heteroatoms. The summed E-state index contributed by atoms with van der Waals surface area (Å²) in [6, 6.07) is 30.1. The van der Waals surface area contributed by atoms with Crippen molar-refractivity contribution in [2.75, 3.05) is 6.61 Å². The number of aromatic nitrogens is 4. The molecule has 0 saturated carbocycles. The van der Waals surface area contributed by atoms with Crippen molar-refractivity contribution in [3.8, 4) is 34.8 Å². The smallest absolute Gasteiger partial charge is 1.00 e. The maximum atomic E-state index is 11.7. The molecule has 0 bridgehead atoms. The Labute approximate surface area is 482 Å². The fraction of sp³-hybridized carbons (Fsp3) is 0.178. The first kappa shape index (κ1) is 59.4. The summed E-state index contributed by atoms with van der Waals surface area (Å²) in [4.78, 5) is 51.1. The van der Waals surface area contributed by atoms with E-state index in [2.05, 4.69) is 24.8 Å². The second kappa shape index (κ2) is 30.0. The zero-order chi connectivity index (χ0) is 47.5. The van der Waals surface area contributed by atoms with Gasteiger partial charge in [-0.05, 0) is 132 Å². The molecular weight excluding hydrogens is 986 g/mol. The van der Waals surface area contributed by atoms with E-state index in [1.807, 2.05) is 6.92 Å². The number of fused-ring (bicyclic) bond motifs is 2. The fourth-order valence-electron chi connectivity index (χ4n) is 4.90. The van der Waals surface area contributed by atoms with Crippen molar-refractivity contribution in [1.29, 1.82) is 0 Å². The van der Waals surface area contributed by atoms with Crippen LogP contribution in [0, 0.1) is 6.92 Å². The third-order valence-corrected chi connectivity index (χ3v) is 10.1. The quantitative estimate of drug-likeness (QED) is 0.0436. The zero-order valence-electron chi connectivity index (χ0n) is 38.3. The van der Waals surface area contributed by atoms with Crippen LogP contribution in [0.5, 0.6) is 34.8 Å². The monoisotopic (exact) mass is 1030 g/mol. The summed E-state index contributed by atoms with van der Waals surface area (Å²) in [6.07, 6.45) is 1.43. The average molecular weight is 1030 g/mol. The van der Waals surface area contributed by atoms with E-state index in [0.29, 0.717) is 67.7 Å². The van der Waals surface area contributed by atoms with Gasteiger partial charge < -0.3 is 35.6 Å². The molecule has 0 aliphatic rings. The van der Waals surface area contributed by atoms with Crippen molar-refractivity contribution in [2.24, 2.45) is 0 Å². The molecule has 1 N–H and O–H groups in total. The minimum absolute atomic E-state index is 0. The molecule has 7 aromatic rings. The number of esters is 1. The van der Waals surface area contributed by atoms with Crippen LogP contribution in [0.3, 0.4) is 0 Å². The summed E-state index contributed by atoms with van der Waals surface area (Å²) >= 11 is 11.8. The van der Waals surface area contributed by atoms with Crippen molar-refractivity contribution in [3.63, 3.8) is 0 Å². The summed E-state index contributed by atoms with van der Waals surface area (Å²) in [7, 11) is -3.84. The standard InChI is InChI=1S/C19H17ClN2O4.C14H9ClN2O2.C11H14O4S.CH2O3.2K.H/c1-3-24-19(23)12(2)25-14-5-7-15(8-6-14)26-18-11-21-17-10-13(20)4-9-16(17)22-18;15-9-1-6-12-13(7-9)16-8-14(17-12)19-11-4-2-10(18)3-5-11;1-8-4-6-11(7-5-8)16(13,14)15-10(3)9(2)12;2-1-4-3;;;/h4-12H,3H2,1-2H3;1-8,18H;4-7,10H,1-3H3;1,3H;;;/q;;;;2*+1;-1/p-1. The van der Waals surface area contributed by atoms with Gasteiger partial charge in [-0.1, -0.05) is 40.9 Å². The maximum absolute atomic E-state index is 11.7. The van der Waals surface area contributed by atoms with Gasteiger partial charge in [-0.15, -0.1) is 0 Å². The summed E-state index contributed by atoms with van der Waals surface area (Å²) < 4.78 is 49.8. The molecule has 7 rings (SSSR count). The van der Waals surface area contributed by atoms with Crippen LogP contribution in [-0.4, -0.2) is 70.5 Å². The molecule has 2 unspecified atom stereocenters. The normalized spacial score (nSPS) is 11.1. The van der Waals surface area contributed by atoms with E-state index in [9.17, 15) is 23.1 Å². The molecule has 2 aromatic heterocycles. The molecule has 17 nitrogen and oxygen atoms in total. The van der Waals surface area contributed by atoms with Crippen LogP contribution in [0.1, 0.15) is 34.7 Å². The van der Waals surface area contributed by atoms with Crippen molar-refractivity contribution < 1.29 is 165 Å². The largest absolute Gasteiger partial charge is 1.00 e. The van der Waals surface area contributed by atoms with Gasteiger partial charge in [0.15, 0.2) is 11.9 Å². The number of phenolic OH excluding ortho intramolecular Hbond substituents is 1. The van der Waals surface area contributed by atoms with Crippen molar-refractivity contribution in [2.45, 2.75) is 51.7 Å². The Kier molecular flexibility index (Phi) is 26.6. The second-order valence-corrected chi connectivity index (χ2v) is 15.6. The number of hydrogen-bond donors (Lipinski definition) is 1. The summed E-state index contributed by atoms with van der Waals surface area (Å²) in [6.45, 7) is 8.08. The van der Waals surface area contributed by atoms with Crippen LogP contribution in [0.25, 0.3) is 22.1 Å². The van der Waals surface area contributed by atoms with Crippen LogP contribution in [0.4, 0.5) is 0 Å². The number of ketones is 1. The van der Waals surface area contributed by atoms with Gasteiger partial charge in [0.1, 0.15) is 29.1 Å². The number of carbonyl (C=O) groups is 3. The third kappa shape index (κ3) is 20.4. The van der Waals surface area contributed by atoms with E-state index < -0.39 is 28.3 Å². The Hall–Kier alpha value is -3.69. The van der Waals surface area contributed by atoms with Gasteiger partial charge >= 0.3 is 109 Å². The minimum Gasteiger partial charge on any atom is -1.00 e. The van der Waals surface area contributed by atoms with E-state index in [-0.39, 0.29) is 127 Å². The van der Waals surface area contributed by atoms with Gasteiger partial charge in [-0.25, -0.2) is 24.7 Å². The number of Topliss-reactive ketones (excluding diaryl/α,β-unsaturated/α-hetero) is 1. The molecule has 2 atom stereocenters. The minimum atomic E-state index is -3.84. The molecule has 0 fully saturated rings. The molecular formula is C45H42Cl2K2N4O13S. The van der Waals surface area contributed by atoms with Gasteiger partial charge in [-0.3, -0.25) is 13.8 Å². The molecule has 0 spiro atoms. The van der Waals surface area contributed by atoms with Crippen LogP contribution in [0.15, 0.2) is 126 Å². The van der Waals surface area contributed by atoms with Crippen LogP contribution in [-0.2, 0) is 38.3 Å². The molecule has 5 aromatic carbocycles. The zero-order valence-corrected chi connectivity index (χ0v) is 45.9. The first-order valence-corrected chi connectivity index (χ1v) is 21.3. The molecule has 0 aliphatic heterocycles. The van der Waals surface area contributed by atoms with Crippen LogP contribution >= 0.6 is 23.2 Å². The number of phenols is 1. The van der Waals surface area contributed by atoms with Crippen LogP contribution < -0.4 is 122 Å². The number of nitrogens with zero attached hydrogens (tertiary/aromatic N) is 4.